The first-order valence-corrected chi connectivity index (χ1v) is 7.87. The zero-order valence-electron chi connectivity index (χ0n) is 13.8. The molecule has 1 atom stereocenters. The third-order valence-electron chi connectivity index (χ3n) is 5.29. The molecule has 0 radical (unpaired) electrons. The van der Waals surface area contributed by atoms with E-state index in [0.717, 1.165) is 38.0 Å². The van der Waals surface area contributed by atoms with E-state index < -0.39 is 5.97 Å². The largest absolute Gasteiger partial charge is 0.481 e. The lowest BCUT2D eigenvalue weighted by Gasteiger charge is -2.40. The Morgan fingerprint density at radius 3 is 2.58 bits per heavy atom. The van der Waals surface area contributed by atoms with Crippen LogP contribution in [0.4, 0.5) is 4.39 Å². The Labute approximate surface area is 154 Å². The number of nitrogens with zero attached hydrogens (tertiary/aromatic N) is 2. The number of rotatable bonds is 3. The van der Waals surface area contributed by atoms with Gasteiger partial charge in [0.15, 0.2) is 0 Å². The highest BCUT2D eigenvalue weighted by atomic mass is 35.5. The highest BCUT2D eigenvalue weighted by Crippen LogP contribution is 2.45. The summed E-state index contributed by atoms with van der Waals surface area (Å²) in [7, 11) is 2.09. The van der Waals surface area contributed by atoms with E-state index in [4.69, 9.17) is 0 Å². The second-order valence-electron chi connectivity index (χ2n) is 6.86. The maximum absolute atomic E-state index is 13.3. The van der Waals surface area contributed by atoms with Gasteiger partial charge in [0.25, 0.3) is 0 Å². The zero-order valence-corrected chi connectivity index (χ0v) is 15.4. The Kier molecular flexibility index (Phi) is 7.47. The van der Waals surface area contributed by atoms with Crippen molar-refractivity contribution in [3.63, 3.8) is 0 Å². The van der Waals surface area contributed by atoms with Crippen LogP contribution in [0, 0.1) is 17.2 Å². The van der Waals surface area contributed by atoms with Crippen LogP contribution in [0.2, 0.25) is 0 Å². The van der Waals surface area contributed by atoms with Gasteiger partial charge in [0.05, 0.1) is 5.92 Å². The van der Waals surface area contributed by atoms with Gasteiger partial charge in [0.2, 0.25) is 0 Å². The van der Waals surface area contributed by atoms with Crippen molar-refractivity contribution in [2.24, 2.45) is 11.3 Å². The Hall–Kier alpha value is -0.880. The lowest BCUT2D eigenvalue weighted by Crippen LogP contribution is -2.44. The van der Waals surface area contributed by atoms with E-state index in [0.29, 0.717) is 13.1 Å². The molecule has 3 rings (SSSR count). The van der Waals surface area contributed by atoms with Gasteiger partial charge in [-0.05, 0) is 50.7 Å². The molecule has 0 amide bonds. The lowest BCUT2D eigenvalue weighted by molar-refractivity contribution is -0.145. The van der Waals surface area contributed by atoms with Crippen LogP contribution in [0.25, 0.3) is 0 Å². The topological polar surface area (TPSA) is 43.8 Å². The van der Waals surface area contributed by atoms with Crippen LogP contribution >= 0.6 is 24.8 Å². The van der Waals surface area contributed by atoms with E-state index in [1.807, 2.05) is 6.07 Å². The molecule has 1 unspecified atom stereocenters. The maximum atomic E-state index is 13.3. The van der Waals surface area contributed by atoms with Crippen molar-refractivity contribution in [3.05, 3.63) is 35.6 Å². The zero-order chi connectivity index (χ0) is 15.7. The van der Waals surface area contributed by atoms with Gasteiger partial charge in [-0.15, -0.1) is 24.8 Å². The van der Waals surface area contributed by atoms with E-state index in [1.54, 1.807) is 6.07 Å². The molecule has 136 valence electrons. The quantitative estimate of drug-likeness (QED) is 0.877. The van der Waals surface area contributed by atoms with E-state index in [1.165, 1.54) is 12.1 Å². The molecule has 1 spiro atoms. The minimum Gasteiger partial charge on any atom is -0.481 e. The molecule has 2 fully saturated rings. The van der Waals surface area contributed by atoms with Crippen LogP contribution < -0.4 is 0 Å². The summed E-state index contributed by atoms with van der Waals surface area (Å²) >= 11 is 0. The number of carboxylic acid groups (broad SMARTS) is 1. The molecule has 2 saturated heterocycles. The molecule has 2 heterocycles. The van der Waals surface area contributed by atoms with E-state index in [-0.39, 0.29) is 42.0 Å². The highest BCUT2D eigenvalue weighted by Gasteiger charge is 2.50. The normalized spacial score (nSPS) is 23.5. The first-order chi connectivity index (χ1) is 10.5. The maximum Gasteiger partial charge on any atom is 0.308 e. The van der Waals surface area contributed by atoms with Crippen molar-refractivity contribution in [2.45, 2.75) is 19.4 Å². The van der Waals surface area contributed by atoms with Gasteiger partial charge in [-0.1, -0.05) is 12.1 Å². The van der Waals surface area contributed by atoms with Crippen molar-refractivity contribution >= 4 is 30.8 Å². The molecule has 0 aliphatic carbocycles. The molecule has 1 aromatic carbocycles. The van der Waals surface area contributed by atoms with Crippen LogP contribution in [0.15, 0.2) is 24.3 Å². The van der Waals surface area contributed by atoms with E-state index >= 15 is 0 Å². The predicted molar refractivity (Wildman–Crippen MR) is 96.5 cm³/mol. The molecule has 2 aliphatic rings. The summed E-state index contributed by atoms with van der Waals surface area (Å²) in [6.45, 7) is 3.90. The van der Waals surface area contributed by atoms with Crippen LogP contribution in [0.5, 0.6) is 0 Å². The number of hydrogen-bond acceptors (Lipinski definition) is 3. The van der Waals surface area contributed by atoms with Crippen LogP contribution in [0.1, 0.15) is 18.4 Å². The smallest absolute Gasteiger partial charge is 0.308 e. The summed E-state index contributed by atoms with van der Waals surface area (Å²) in [5, 5.41) is 9.62. The van der Waals surface area contributed by atoms with Gasteiger partial charge in [0, 0.05) is 25.0 Å². The summed E-state index contributed by atoms with van der Waals surface area (Å²) in [4.78, 5) is 16.2. The van der Waals surface area contributed by atoms with Gasteiger partial charge >= 0.3 is 5.97 Å². The molecule has 7 heteroatoms. The average Bonchev–Trinajstić information content (AvgIpc) is 2.81. The van der Waals surface area contributed by atoms with Gasteiger partial charge < -0.3 is 10.0 Å². The third kappa shape index (κ3) is 4.39. The molecule has 2 aliphatic heterocycles. The second-order valence-corrected chi connectivity index (χ2v) is 6.86. The monoisotopic (exact) mass is 378 g/mol. The molecule has 1 aromatic rings. The van der Waals surface area contributed by atoms with Crippen molar-refractivity contribution in [2.75, 3.05) is 33.2 Å². The summed E-state index contributed by atoms with van der Waals surface area (Å²) in [6, 6.07) is 6.58. The number of carbonyl (C=O) groups is 1. The molecular weight excluding hydrogens is 354 g/mol. The molecule has 24 heavy (non-hydrogen) atoms. The second kappa shape index (κ2) is 8.48. The Balaban J connectivity index is 0.00000144. The fraction of sp³-hybridized carbons (Fsp3) is 0.588. The summed E-state index contributed by atoms with van der Waals surface area (Å²) < 4.78 is 13.3. The van der Waals surface area contributed by atoms with Crippen molar-refractivity contribution < 1.29 is 14.3 Å². The molecular formula is C17H25Cl2FN2O2. The standard InChI is InChI=1S/C17H23FN2O2.2ClH/c1-19-7-5-17(6-8-19)12-20(11-15(17)16(21)22)10-13-3-2-4-14(18)9-13;;/h2-4,9,15H,5-8,10-12H2,1H3,(H,21,22);2*1H. The Bertz CT molecular complexity index is 565. The molecule has 0 aromatic heterocycles. The molecule has 1 N–H and O–H groups in total. The van der Waals surface area contributed by atoms with E-state index in [2.05, 4.69) is 16.8 Å². The highest BCUT2D eigenvalue weighted by molar-refractivity contribution is 5.85. The predicted octanol–water partition coefficient (Wildman–Crippen LogP) is 2.90. The van der Waals surface area contributed by atoms with Crippen molar-refractivity contribution in [1.29, 1.82) is 0 Å². The van der Waals surface area contributed by atoms with Gasteiger partial charge in [-0.3, -0.25) is 9.69 Å². The first kappa shape index (κ1) is 21.2. The van der Waals surface area contributed by atoms with Crippen LogP contribution in [-0.4, -0.2) is 54.1 Å². The lowest BCUT2D eigenvalue weighted by atomic mass is 9.71. The SMILES string of the molecule is CN1CCC2(CC1)CN(Cc1cccc(F)c1)CC2C(=O)O.Cl.Cl. The number of benzene rings is 1. The minimum atomic E-state index is -0.689. The number of aliphatic carboxylic acids is 1. The fourth-order valence-electron chi connectivity index (χ4n) is 4.00. The van der Waals surface area contributed by atoms with Crippen LogP contribution in [0.3, 0.4) is 0 Å². The van der Waals surface area contributed by atoms with Crippen molar-refractivity contribution in [3.8, 4) is 0 Å². The minimum absolute atomic E-state index is 0. The van der Waals surface area contributed by atoms with Gasteiger partial charge in [0.1, 0.15) is 5.82 Å². The first-order valence-electron chi connectivity index (χ1n) is 7.87. The Morgan fingerprint density at radius 1 is 1.33 bits per heavy atom. The summed E-state index contributed by atoms with van der Waals surface area (Å²) in [6.07, 6.45) is 1.86. The van der Waals surface area contributed by atoms with Crippen LogP contribution in [-0.2, 0) is 11.3 Å². The number of carboxylic acids is 1. The average molecular weight is 379 g/mol. The number of halogens is 3. The Morgan fingerprint density at radius 2 is 2.00 bits per heavy atom. The van der Waals surface area contributed by atoms with E-state index in [9.17, 15) is 14.3 Å². The van der Waals surface area contributed by atoms with Gasteiger partial charge in [-0.25, -0.2) is 4.39 Å². The third-order valence-corrected chi connectivity index (χ3v) is 5.29. The molecule has 0 bridgehead atoms. The number of likely N-dealkylation sites (tertiary alicyclic amines) is 2. The van der Waals surface area contributed by atoms with Gasteiger partial charge in [-0.2, -0.15) is 0 Å². The molecule has 0 saturated carbocycles. The molecule has 4 nitrogen and oxygen atoms in total. The number of hydrogen-bond donors (Lipinski definition) is 1. The fourth-order valence-corrected chi connectivity index (χ4v) is 4.00. The number of piperidine rings is 1. The summed E-state index contributed by atoms with van der Waals surface area (Å²) in [5.74, 6) is -1.23. The summed E-state index contributed by atoms with van der Waals surface area (Å²) in [5.41, 5.74) is 0.792. The van der Waals surface area contributed by atoms with Crippen molar-refractivity contribution in [1.82, 2.24) is 9.80 Å².